The van der Waals surface area contributed by atoms with E-state index in [-0.39, 0.29) is 12.4 Å². The predicted octanol–water partition coefficient (Wildman–Crippen LogP) is 3.03. The number of nitrogens with zero attached hydrogens (tertiary/aromatic N) is 1. The summed E-state index contributed by atoms with van der Waals surface area (Å²) in [5.74, 6) is -2.03. The van der Waals surface area contributed by atoms with Gasteiger partial charge in [0.2, 0.25) is 0 Å². The number of ketones is 1. The summed E-state index contributed by atoms with van der Waals surface area (Å²) in [5, 5.41) is 8.91. The van der Waals surface area contributed by atoms with Crippen molar-refractivity contribution in [3.8, 4) is 6.07 Å². The average molecular weight is 498 g/mol. The number of hydrogen-bond acceptors (Lipinski definition) is 10. The van der Waals surface area contributed by atoms with Crippen LogP contribution in [0.2, 0.25) is 0 Å². The van der Waals surface area contributed by atoms with Gasteiger partial charge >= 0.3 is 17.9 Å². The molecule has 1 aliphatic rings. The quantitative estimate of drug-likeness (QED) is 0.320. The van der Waals surface area contributed by atoms with Crippen LogP contribution in [0.15, 0.2) is 53.4 Å². The molecular weight excluding hydrogens is 474 g/mol. The number of ether oxygens (including phenoxy) is 4. The molecule has 1 saturated heterocycles. The first-order chi connectivity index (χ1) is 16.7. The molecule has 0 unspecified atom stereocenters. The van der Waals surface area contributed by atoms with Crippen molar-refractivity contribution < 1.29 is 38.1 Å². The lowest BCUT2D eigenvalue weighted by Crippen LogP contribution is -2.56. The van der Waals surface area contributed by atoms with Gasteiger partial charge in [0.1, 0.15) is 5.44 Å². The van der Waals surface area contributed by atoms with Gasteiger partial charge in [-0.2, -0.15) is 5.26 Å². The molecule has 0 saturated carbocycles. The zero-order valence-electron chi connectivity index (χ0n) is 19.3. The number of carbonyl (C=O) groups is 4. The van der Waals surface area contributed by atoms with Crippen LogP contribution in [-0.4, -0.2) is 54.0 Å². The summed E-state index contributed by atoms with van der Waals surface area (Å²) in [7, 11) is 0. The van der Waals surface area contributed by atoms with Crippen LogP contribution in [0, 0.1) is 11.3 Å². The van der Waals surface area contributed by atoms with E-state index in [0.29, 0.717) is 21.6 Å². The smallest absolute Gasteiger partial charge is 0.303 e. The predicted molar refractivity (Wildman–Crippen MR) is 123 cm³/mol. The Hall–Kier alpha value is -3.68. The Morgan fingerprint density at radius 3 is 1.86 bits per heavy atom. The second-order valence-corrected chi connectivity index (χ2v) is 8.83. The van der Waals surface area contributed by atoms with Crippen molar-refractivity contribution in [2.45, 2.75) is 49.4 Å². The van der Waals surface area contributed by atoms with Crippen LogP contribution in [0.3, 0.4) is 0 Å². The number of thioether (sulfide) groups is 1. The zero-order valence-corrected chi connectivity index (χ0v) is 20.1. The van der Waals surface area contributed by atoms with E-state index in [4.69, 9.17) is 24.2 Å². The number of rotatable bonds is 7. The Labute approximate surface area is 206 Å². The number of nitriles is 1. The molecule has 0 N–H and O–H groups in total. The number of carbonyl (C=O) groups excluding carboxylic acids is 4. The van der Waals surface area contributed by atoms with E-state index >= 15 is 0 Å². The minimum Gasteiger partial charge on any atom is -0.456 e. The summed E-state index contributed by atoms with van der Waals surface area (Å²) in [6.07, 6.45) is -3.03. The first-order valence-corrected chi connectivity index (χ1v) is 11.5. The van der Waals surface area contributed by atoms with Gasteiger partial charge in [0, 0.05) is 36.8 Å². The van der Waals surface area contributed by atoms with E-state index in [1.165, 1.54) is 32.5 Å². The van der Waals surface area contributed by atoms with Crippen LogP contribution in [0.25, 0.3) is 0 Å². The minimum absolute atomic E-state index is 0.0672. The fourth-order valence-corrected chi connectivity index (χ4v) is 4.54. The molecule has 0 spiro atoms. The maximum absolute atomic E-state index is 12.7. The lowest BCUT2D eigenvalue weighted by Gasteiger charge is -2.40. The third-order valence-electron chi connectivity index (χ3n) is 4.95. The maximum Gasteiger partial charge on any atom is 0.303 e. The standard InChI is InChI=1S/C25H23NO8S/c1-14(27)32-21-13-31-25(24(34-16(3)29)23(21)33-15(2)28)35-20-10-8-19(9-11-20)22(30)18-6-4-17(12-26)5-7-18/h4-11,21,23-25H,13H2,1-3H3/t21-,23+,24-,25-/m1/s1. The summed E-state index contributed by atoms with van der Waals surface area (Å²) in [4.78, 5) is 48.4. The van der Waals surface area contributed by atoms with Crippen molar-refractivity contribution in [2.24, 2.45) is 0 Å². The molecule has 0 aromatic heterocycles. The van der Waals surface area contributed by atoms with Gasteiger partial charge in [0.05, 0.1) is 18.2 Å². The molecule has 35 heavy (non-hydrogen) atoms. The van der Waals surface area contributed by atoms with E-state index in [1.54, 1.807) is 48.5 Å². The Morgan fingerprint density at radius 2 is 1.34 bits per heavy atom. The van der Waals surface area contributed by atoms with Crippen LogP contribution in [-0.2, 0) is 33.3 Å². The van der Waals surface area contributed by atoms with Crippen molar-refractivity contribution in [3.05, 3.63) is 65.2 Å². The molecule has 2 aromatic carbocycles. The SMILES string of the molecule is CC(=O)O[C@@H]1[C@@H](OC(C)=O)[C@H](OC(C)=O)CO[C@@H]1Sc1ccc(C(=O)c2ccc(C#N)cc2)cc1. The monoisotopic (exact) mass is 497 g/mol. The highest BCUT2D eigenvalue weighted by Crippen LogP contribution is 2.35. The number of esters is 3. The van der Waals surface area contributed by atoms with Gasteiger partial charge in [-0.25, -0.2) is 0 Å². The molecule has 0 aliphatic carbocycles. The second kappa shape index (κ2) is 11.6. The lowest BCUT2D eigenvalue weighted by atomic mass is 10.0. The molecule has 0 bridgehead atoms. The van der Waals surface area contributed by atoms with Gasteiger partial charge in [0.15, 0.2) is 24.1 Å². The Bertz CT molecular complexity index is 1140. The number of benzene rings is 2. The van der Waals surface area contributed by atoms with E-state index in [1.807, 2.05) is 6.07 Å². The topological polar surface area (TPSA) is 129 Å². The summed E-state index contributed by atoms with van der Waals surface area (Å²) >= 11 is 1.21. The summed E-state index contributed by atoms with van der Waals surface area (Å²) < 4.78 is 21.8. The van der Waals surface area contributed by atoms with Gasteiger partial charge < -0.3 is 18.9 Å². The molecule has 4 atom stereocenters. The van der Waals surface area contributed by atoms with Crippen LogP contribution < -0.4 is 0 Å². The Morgan fingerprint density at radius 1 is 0.829 bits per heavy atom. The van der Waals surface area contributed by atoms with Gasteiger partial charge in [-0.3, -0.25) is 19.2 Å². The van der Waals surface area contributed by atoms with Gasteiger partial charge in [-0.05, 0) is 48.5 Å². The lowest BCUT2D eigenvalue weighted by molar-refractivity contribution is -0.213. The third-order valence-corrected chi connectivity index (χ3v) is 6.13. The van der Waals surface area contributed by atoms with Crippen molar-refractivity contribution >= 4 is 35.5 Å². The largest absolute Gasteiger partial charge is 0.456 e. The number of hydrogen-bond donors (Lipinski definition) is 0. The highest BCUT2D eigenvalue weighted by molar-refractivity contribution is 7.99. The van der Waals surface area contributed by atoms with Crippen molar-refractivity contribution in [3.63, 3.8) is 0 Å². The van der Waals surface area contributed by atoms with Crippen LogP contribution in [0.5, 0.6) is 0 Å². The van der Waals surface area contributed by atoms with Crippen molar-refractivity contribution in [1.29, 1.82) is 5.26 Å². The molecule has 0 radical (unpaired) electrons. The highest BCUT2D eigenvalue weighted by atomic mass is 32.2. The van der Waals surface area contributed by atoms with E-state index in [0.717, 1.165) is 0 Å². The summed E-state index contributed by atoms with van der Waals surface area (Å²) in [6, 6.07) is 15.1. The maximum atomic E-state index is 12.7. The van der Waals surface area contributed by atoms with Gasteiger partial charge in [-0.15, -0.1) is 0 Å². The third kappa shape index (κ3) is 6.91. The van der Waals surface area contributed by atoms with Crippen molar-refractivity contribution in [1.82, 2.24) is 0 Å². The highest BCUT2D eigenvalue weighted by Gasteiger charge is 2.47. The van der Waals surface area contributed by atoms with Crippen molar-refractivity contribution in [2.75, 3.05) is 6.61 Å². The van der Waals surface area contributed by atoms with Crippen LogP contribution in [0.1, 0.15) is 42.3 Å². The molecular formula is C25H23NO8S. The molecule has 2 aromatic rings. The first-order valence-electron chi connectivity index (χ1n) is 10.6. The molecule has 182 valence electrons. The normalized spacial score (nSPS) is 21.3. The molecule has 1 aliphatic heterocycles. The zero-order chi connectivity index (χ0) is 25.5. The van der Waals surface area contributed by atoms with E-state index in [2.05, 4.69) is 0 Å². The molecule has 9 nitrogen and oxygen atoms in total. The first kappa shape index (κ1) is 25.9. The summed E-state index contributed by atoms with van der Waals surface area (Å²) in [5.41, 5.74) is 0.602. The fraction of sp³-hybridized carbons (Fsp3) is 0.320. The van der Waals surface area contributed by atoms with Gasteiger partial charge in [0.25, 0.3) is 0 Å². The average Bonchev–Trinajstić information content (AvgIpc) is 2.82. The van der Waals surface area contributed by atoms with Crippen LogP contribution in [0.4, 0.5) is 0 Å². The van der Waals surface area contributed by atoms with E-state index < -0.39 is 41.7 Å². The molecule has 1 fully saturated rings. The molecule has 3 rings (SSSR count). The van der Waals surface area contributed by atoms with Crippen LogP contribution >= 0.6 is 11.8 Å². The molecule has 1 heterocycles. The molecule has 0 amide bonds. The second-order valence-electron chi connectivity index (χ2n) is 7.66. The molecule has 10 heteroatoms. The Balaban J connectivity index is 1.78. The summed E-state index contributed by atoms with van der Waals surface area (Å²) in [6.45, 7) is 3.57. The minimum atomic E-state index is -1.05. The Kier molecular flexibility index (Phi) is 8.63. The van der Waals surface area contributed by atoms with E-state index in [9.17, 15) is 19.2 Å². The van der Waals surface area contributed by atoms with Gasteiger partial charge in [-0.1, -0.05) is 11.8 Å². The fourth-order valence-electron chi connectivity index (χ4n) is 3.49.